The molecule has 1 unspecified atom stereocenters. The Labute approximate surface area is 181 Å². The molecule has 0 aliphatic carbocycles. The maximum atomic E-state index is 12.8. The number of nitrogens with one attached hydrogen (secondary N) is 1. The molecule has 2 amide bonds. The zero-order valence-electron chi connectivity index (χ0n) is 16.6. The van der Waals surface area contributed by atoms with E-state index in [9.17, 15) is 18.4 Å². The van der Waals surface area contributed by atoms with Gasteiger partial charge in [0.1, 0.15) is 11.8 Å². The van der Waals surface area contributed by atoms with Crippen molar-refractivity contribution in [3.05, 3.63) is 54.1 Å². The largest absolute Gasteiger partial charge is 0.435 e. The van der Waals surface area contributed by atoms with Crippen LogP contribution in [-0.4, -0.2) is 40.9 Å². The number of alkyl halides is 2. The summed E-state index contributed by atoms with van der Waals surface area (Å²) < 4.78 is 29.8. The molecule has 2 aromatic carbocycles. The van der Waals surface area contributed by atoms with Crippen LogP contribution >= 0.6 is 11.3 Å². The molecule has 31 heavy (non-hydrogen) atoms. The predicted molar refractivity (Wildman–Crippen MR) is 114 cm³/mol. The van der Waals surface area contributed by atoms with Crippen LogP contribution in [0.3, 0.4) is 0 Å². The lowest BCUT2D eigenvalue weighted by Crippen LogP contribution is -2.43. The molecule has 1 aliphatic heterocycles. The van der Waals surface area contributed by atoms with Gasteiger partial charge in [-0.2, -0.15) is 8.78 Å². The van der Waals surface area contributed by atoms with Crippen molar-refractivity contribution >= 4 is 38.5 Å². The number of aryl methyl sites for hydroxylation is 1. The lowest BCUT2D eigenvalue weighted by molar-refractivity contribution is -0.136. The smallest absolute Gasteiger partial charge is 0.387 e. The normalized spacial score (nSPS) is 16.1. The van der Waals surface area contributed by atoms with Crippen molar-refractivity contribution in [1.82, 2.24) is 9.88 Å². The number of anilines is 1. The number of carbonyl (C=O) groups is 2. The molecule has 6 nitrogen and oxygen atoms in total. The van der Waals surface area contributed by atoms with E-state index in [-0.39, 0.29) is 24.0 Å². The minimum atomic E-state index is -2.87. The molecule has 1 fully saturated rings. The lowest BCUT2D eigenvalue weighted by atomic mass is 10.1. The first-order valence-corrected chi connectivity index (χ1v) is 10.8. The Morgan fingerprint density at radius 1 is 1.19 bits per heavy atom. The number of amides is 2. The second kappa shape index (κ2) is 9.38. The second-order valence-electron chi connectivity index (χ2n) is 7.24. The van der Waals surface area contributed by atoms with Crippen LogP contribution in [-0.2, 0) is 16.0 Å². The number of fused-ring (bicyclic) bond motifs is 1. The molecule has 1 aliphatic rings. The number of benzene rings is 2. The van der Waals surface area contributed by atoms with Crippen LogP contribution in [0, 0.1) is 0 Å². The molecule has 1 N–H and O–H groups in total. The summed E-state index contributed by atoms with van der Waals surface area (Å²) in [5.41, 5.74) is 1.66. The Morgan fingerprint density at radius 3 is 2.71 bits per heavy atom. The number of para-hydroxylation sites is 1. The molecule has 0 bridgehead atoms. The van der Waals surface area contributed by atoms with Gasteiger partial charge in [-0.1, -0.05) is 35.6 Å². The SMILES string of the molecule is O=C(Nc1nc2ccccc2s1)C1CCCN1C(=O)CCc1ccc(OC(F)F)cc1. The summed E-state index contributed by atoms with van der Waals surface area (Å²) >= 11 is 1.40. The molecule has 1 aromatic heterocycles. The highest BCUT2D eigenvalue weighted by Gasteiger charge is 2.34. The number of likely N-dealkylation sites (tertiary alicyclic amines) is 1. The average molecular weight is 445 g/mol. The molecule has 0 radical (unpaired) electrons. The van der Waals surface area contributed by atoms with Crippen molar-refractivity contribution in [1.29, 1.82) is 0 Å². The third-order valence-corrected chi connectivity index (χ3v) is 6.13. The molecule has 9 heteroatoms. The molecule has 0 spiro atoms. The minimum absolute atomic E-state index is 0.0798. The van der Waals surface area contributed by atoms with E-state index in [0.717, 1.165) is 22.2 Å². The van der Waals surface area contributed by atoms with Gasteiger partial charge >= 0.3 is 6.61 Å². The third-order valence-electron chi connectivity index (χ3n) is 5.18. The van der Waals surface area contributed by atoms with Gasteiger partial charge in [-0.25, -0.2) is 4.98 Å². The molecule has 1 atom stereocenters. The number of carbonyl (C=O) groups excluding carboxylic acids is 2. The first-order chi connectivity index (χ1) is 15.0. The average Bonchev–Trinajstić information content (AvgIpc) is 3.39. The van der Waals surface area contributed by atoms with Gasteiger partial charge in [0.15, 0.2) is 5.13 Å². The Hall–Kier alpha value is -3.07. The van der Waals surface area contributed by atoms with E-state index in [1.165, 1.54) is 23.5 Å². The fourth-order valence-corrected chi connectivity index (χ4v) is 4.55. The molecule has 0 saturated carbocycles. The third kappa shape index (κ3) is 5.16. The predicted octanol–water partition coefficient (Wildman–Crippen LogP) is 4.46. The van der Waals surface area contributed by atoms with Crippen molar-refractivity contribution < 1.29 is 23.1 Å². The Morgan fingerprint density at radius 2 is 1.97 bits per heavy atom. The fraction of sp³-hybridized carbons (Fsp3) is 0.318. The molecule has 162 valence electrons. The summed E-state index contributed by atoms with van der Waals surface area (Å²) in [5.74, 6) is -0.246. The molecular formula is C22H21F2N3O3S. The monoisotopic (exact) mass is 445 g/mol. The summed E-state index contributed by atoms with van der Waals surface area (Å²) in [6, 6.07) is 13.4. The maximum absolute atomic E-state index is 12.8. The number of hydrogen-bond acceptors (Lipinski definition) is 5. The van der Waals surface area contributed by atoms with E-state index in [1.54, 1.807) is 17.0 Å². The van der Waals surface area contributed by atoms with Gasteiger partial charge in [-0.15, -0.1) is 0 Å². The van der Waals surface area contributed by atoms with Crippen LogP contribution < -0.4 is 10.1 Å². The van der Waals surface area contributed by atoms with Crippen molar-refractivity contribution in [2.75, 3.05) is 11.9 Å². The van der Waals surface area contributed by atoms with Gasteiger partial charge in [-0.3, -0.25) is 9.59 Å². The molecule has 3 aromatic rings. The van der Waals surface area contributed by atoms with E-state index in [0.29, 0.717) is 24.5 Å². The number of nitrogens with zero attached hydrogens (tertiary/aromatic N) is 2. The van der Waals surface area contributed by atoms with Crippen LogP contribution in [0.15, 0.2) is 48.5 Å². The van der Waals surface area contributed by atoms with E-state index < -0.39 is 12.7 Å². The minimum Gasteiger partial charge on any atom is -0.435 e. The van der Waals surface area contributed by atoms with E-state index >= 15 is 0 Å². The number of ether oxygens (including phenoxy) is 1. The van der Waals surface area contributed by atoms with Crippen LogP contribution in [0.1, 0.15) is 24.8 Å². The first kappa shape index (κ1) is 21.2. The topological polar surface area (TPSA) is 71.5 Å². The number of halogens is 2. The van der Waals surface area contributed by atoms with Crippen LogP contribution in [0.2, 0.25) is 0 Å². The summed E-state index contributed by atoms with van der Waals surface area (Å²) in [6.45, 7) is -2.33. The lowest BCUT2D eigenvalue weighted by Gasteiger charge is -2.23. The Kier molecular flexibility index (Phi) is 6.41. The standard InChI is InChI=1S/C22H21F2N3O3S/c23-21(24)30-15-10-7-14(8-11-15)9-12-19(28)27-13-3-5-17(27)20(29)26-22-25-16-4-1-2-6-18(16)31-22/h1-2,4,6-8,10-11,17,21H,3,5,9,12-13H2,(H,25,26,29). The second-order valence-corrected chi connectivity index (χ2v) is 8.27. The molecular weight excluding hydrogens is 424 g/mol. The van der Waals surface area contributed by atoms with Gasteiger partial charge in [0.25, 0.3) is 0 Å². The van der Waals surface area contributed by atoms with Crippen molar-refractivity contribution in [3.8, 4) is 5.75 Å². The summed E-state index contributed by atoms with van der Waals surface area (Å²) in [6.07, 6.45) is 2.07. The van der Waals surface area contributed by atoms with Gasteiger partial charge < -0.3 is 15.0 Å². The van der Waals surface area contributed by atoms with E-state index in [1.807, 2.05) is 24.3 Å². The summed E-state index contributed by atoms with van der Waals surface area (Å²) in [4.78, 5) is 31.6. The molecule has 4 rings (SSSR count). The highest BCUT2D eigenvalue weighted by molar-refractivity contribution is 7.22. The summed E-state index contributed by atoms with van der Waals surface area (Å²) in [7, 11) is 0. The zero-order valence-corrected chi connectivity index (χ0v) is 17.4. The number of hydrogen-bond donors (Lipinski definition) is 1. The van der Waals surface area contributed by atoms with E-state index in [4.69, 9.17) is 0 Å². The van der Waals surface area contributed by atoms with Crippen LogP contribution in [0.5, 0.6) is 5.75 Å². The molecule has 1 saturated heterocycles. The van der Waals surface area contributed by atoms with Crippen molar-refractivity contribution in [2.24, 2.45) is 0 Å². The van der Waals surface area contributed by atoms with Crippen LogP contribution in [0.4, 0.5) is 13.9 Å². The van der Waals surface area contributed by atoms with E-state index in [2.05, 4.69) is 15.0 Å². The maximum Gasteiger partial charge on any atom is 0.387 e. The van der Waals surface area contributed by atoms with Gasteiger partial charge in [0.2, 0.25) is 11.8 Å². The van der Waals surface area contributed by atoms with Gasteiger partial charge in [0.05, 0.1) is 10.2 Å². The van der Waals surface area contributed by atoms with Crippen molar-refractivity contribution in [3.63, 3.8) is 0 Å². The number of aromatic nitrogens is 1. The zero-order chi connectivity index (χ0) is 21.8. The number of thiazole rings is 1. The van der Waals surface area contributed by atoms with Gasteiger partial charge in [0, 0.05) is 13.0 Å². The highest BCUT2D eigenvalue weighted by atomic mass is 32.1. The Bertz CT molecular complexity index is 1040. The van der Waals surface area contributed by atoms with Crippen molar-refractivity contribution in [2.45, 2.75) is 38.3 Å². The van der Waals surface area contributed by atoms with Crippen LogP contribution in [0.25, 0.3) is 10.2 Å². The Balaban J connectivity index is 1.33. The number of rotatable bonds is 7. The van der Waals surface area contributed by atoms with Gasteiger partial charge in [-0.05, 0) is 49.1 Å². The highest BCUT2D eigenvalue weighted by Crippen LogP contribution is 2.27. The summed E-state index contributed by atoms with van der Waals surface area (Å²) in [5, 5.41) is 3.38. The molecule has 2 heterocycles. The quantitative estimate of drug-likeness (QED) is 0.583. The first-order valence-electron chi connectivity index (χ1n) is 9.99. The fourth-order valence-electron chi connectivity index (χ4n) is 3.68.